The van der Waals surface area contributed by atoms with Crippen LogP contribution in [0.2, 0.25) is 0 Å². The van der Waals surface area contributed by atoms with Gasteiger partial charge >= 0.3 is 6.18 Å². The van der Waals surface area contributed by atoms with Crippen LogP contribution in [0.4, 0.5) is 13.2 Å². The molecule has 2 unspecified atom stereocenters. The second kappa shape index (κ2) is 8.53. The number of nitrogens with zero attached hydrogens (tertiary/aromatic N) is 1. The van der Waals surface area contributed by atoms with Crippen molar-refractivity contribution in [1.82, 2.24) is 15.5 Å². The van der Waals surface area contributed by atoms with E-state index in [-0.39, 0.29) is 56.6 Å². The zero-order chi connectivity index (χ0) is 23.0. The molecule has 2 atom stereocenters. The number of piperidine rings is 1. The van der Waals surface area contributed by atoms with Gasteiger partial charge in [0.05, 0.1) is 0 Å². The van der Waals surface area contributed by atoms with Crippen molar-refractivity contribution >= 4 is 23.6 Å². The third-order valence-corrected chi connectivity index (χ3v) is 6.16. The summed E-state index contributed by atoms with van der Waals surface area (Å²) >= 11 is 0. The Kier molecular flexibility index (Phi) is 5.93. The number of hydrogen-bond acceptors (Lipinski definition) is 5. The van der Waals surface area contributed by atoms with Crippen LogP contribution in [-0.2, 0) is 20.9 Å². The molecule has 0 spiro atoms. The highest BCUT2D eigenvalue weighted by Crippen LogP contribution is 2.32. The molecule has 32 heavy (non-hydrogen) atoms. The van der Waals surface area contributed by atoms with Gasteiger partial charge < -0.3 is 15.0 Å². The van der Waals surface area contributed by atoms with E-state index in [1.807, 2.05) is 0 Å². The molecule has 3 aliphatic heterocycles. The highest BCUT2D eigenvalue weighted by Gasteiger charge is 2.46. The fourth-order valence-corrected chi connectivity index (χ4v) is 4.46. The summed E-state index contributed by atoms with van der Waals surface area (Å²) in [4.78, 5) is 50.2. The number of ether oxygens (including phenoxy) is 1. The van der Waals surface area contributed by atoms with E-state index >= 15 is 0 Å². The number of fused-ring (bicyclic) bond motifs is 1. The molecule has 11 heteroatoms. The number of amides is 4. The Balaban J connectivity index is 1.50. The second-order valence-electron chi connectivity index (χ2n) is 8.21. The van der Waals surface area contributed by atoms with E-state index in [0.717, 1.165) is 0 Å². The van der Waals surface area contributed by atoms with Gasteiger partial charge in [0.1, 0.15) is 12.1 Å². The molecule has 0 bridgehead atoms. The summed E-state index contributed by atoms with van der Waals surface area (Å²) in [6.07, 6.45) is -3.91. The van der Waals surface area contributed by atoms with Crippen molar-refractivity contribution in [2.75, 3.05) is 13.2 Å². The lowest BCUT2D eigenvalue weighted by Crippen LogP contribution is -2.52. The monoisotopic (exact) mass is 453 g/mol. The van der Waals surface area contributed by atoms with Crippen molar-refractivity contribution in [1.29, 1.82) is 0 Å². The summed E-state index contributed by atoms with van der Waals surface area (Å²) in [6.45, 7) is 0.457. The molecule has 2 saturated heterocycles. The molecule has 4 amide bonds. The zero-order valence-electron chi connectivity index (χ0n) is 17.0. The van der Waals surface area contributed by atoms with Gasteiger partial charge in [0, 0.05) is 37.3 Å². The molecule has 3 heterocycles. The van der Waals surface area contributed by atoms with Gasteiger partial charge in [-0.1, -0.05) is 0 Å². The molecule has 0 saturated carbocycles. The van der Waals surface area contributed by atoms with Crippen molar-refractivity contribution < 1.29 is 37.1 Å². The largest absolute Gasteiger partial charge is 0.408 e. The van der Waals surface area contributed by atoms with Crippen molar-refractivity contribution in [3.05, 3.63) is 34.9 Å². The zero-order valence-corrected chi connectivity index (χ0v) is 17.0. The molecule has 4 rings (SSSR count). The third-order valence-electron chi connectivity index (χ3n) is 6.16. The number of imide groups is 1. The van der Waals surface area contributed by atoms with E-state index < -0.39 is 47.8 Å². The highest BCUT2D eigenvalue weighted by molar-refractivity contribution is 6.06. The summed E-state index contributed by atoms with van der Waals surface area (Å²) < 4.78 is 45.9. The van der Waals surface area contributed by atoms with E-state index in [4.69, 9.17) is 4.74 Å². The Bertz CT molecular complexity index is 958. The fraction of sp³-hybridized carbons (Fsp3) is 0.524. The Morgan fingerprint density at radius 1 is 1.16 bits per heavy atom. The van der Waals surface area contributed by atoms with Crippen LogP contribution in [0.25, 0.3) is 0 Å². The van der Waals surface area contributed by atoms with Gasteiger partial charge in [-0.25, -0.2) is 0 Å². The number of nitrogens with one attached hydrogen (secondary N) is 2. The average molecular weight is 453 g/mol. The van der Waals surface area contributed by atoms with Crippen molar-refractivity contribution in [3.8, 4) is 0 Å². The predicted molar refractivity (Wildman–Crippen MR) is 103 cm³/mol. The number of carbonyl (C=O) groups excluding carboxylic acids is 4. The van der Waals surface area contributed by atoms with Crippen LogP contribution >= 0.6 is 0 Å². The molecule has 1 aromatic carbocycles. The summed E-state index contributed by atoms with van der Waals surface area (Å²) in [5.74, 6) is -3.04. The quantitative estimate of drug-likeness (QED) is 0.673. The summed E-state index contributed by atoms with van der Waals surface area (Å²) in [6, 6.07) is 1.26. The summed E-state index contributed by atoms with van der Waals surface area (Å²) in [7, 11) is 0. The highest BCUT2D eigenvalue weighted by atomic mass is 19.4. The first-order chi connectivity index (χ1) is 15.1. The molecule has 0 radical (unpaired) electrons. The molecular formula is C21H22F3N3O5. The third kappa shape index (κ3) is 4.34. The van der Waals surface area contributed by atoms with E-state index in [9.17, 15) is 32.3 Å². The molecule has 2 N–H and O–H groups in total. The molecular weight excluding hydrogens is 431 g/mol. The van der Waals surface area contributed by atoms with Gasteiger partial charge in [-0.3, -0.25) is 24.5 Å². The maximum absolute atomic E-state index is 13.6. The Morgan fingerprint density at radius 2 is 1.88 bits per heavy atom. The first-order valence-corrected chi connectivity index (χ1v) is 10.4. The van der Waals surface area contributed by atoms with Gasteiger partial charge in [0.25, 0.3) is 11.8 Å². The fourth-order valence-electron chi connectivity index (χ4n) is 4.46. The van der Waals surface area contributed by atoms with Crippen LogP contribution in [0.5, 0.6) is 0 Å². The minimum Gasteiger partial charge on any atom is -0.381 e. The number of halogens is 3. The van der Waals surface area contributed by atoms with Gasteiger partial charge in [0.2, 0.25) is 11.8 Å². The van der Waals surface area contributed by atoms with Crippen molar-refractivity contribution in [2.24, 2.45) is 5.92 Å². The standard InChI is InChI=1S/C21H22F3N3O5/c22-21(23,24)17(11-5-7-32-8-6-11)26-18(29)12-1-2-14-13(9-12)10-27(20(14)31)15-3-4-16(28)25-19(15)30/h1-2,9,11,15,17H,3-8,10H2,(H,26,29)(H,25,28,30). The lowest BCUT2D eigenvalue weighted by Gasteiger charge is -2.32. The summed E-state index contributed by atoms with van der Waals surface area (Å²) in [5.41, 5.74) is 0.730. The van der Waals surface area contributed by atoms with Gasteiger partial charge in [-0.05, 0) is 48.9 Å². The van der Waals surface area contributed by atoms with E-state index in [1.165, 1.54) is 23.1 Å². The Morgan fingerprint density at radius 3 is 2.53 bits per heavy atom. The number of rotatable bonds is 4. The Hall–Kier alpha value is -2.95. The molecule has 0 aromatic heterocycles. The minimum atomic E-state index is -4.60. The number of carbonyl (C=O) groups is 4. The van der Waals surface area contributed by atoms with E-state index in [0.29, 0.717) is 5.56 Å². The number of alkyl halides is 3. The van der Waals surface area contributed by atoms with Gasteiger partial charge in [0.15, 0.2) is 0 Å². The maximum Gasteiger partial charge on any atom is 0.408 e. The van der Waals surface area contributed by atoms with Crippen LogP contribution in [-0.4, -0.2) is 60.0 Å². The van der Waals surface area contributed by atoms with Crippen LogP contribution in [0.1, 0.15) is 52.0 Å². The molecule has 172 valence electrons. The van der Waals surface area contributed by atoms with Crippen LogP contribution in [0.3, 0.4) is 0 Å². The van der Waals surface area contributed by atoms with Crippen LogP contribution in [0, 0.1) is 5.92 Å². The smallest absolute Gasteiger partial charge is 0.381 e. The minimum absolute atomic E-state index is 0.00276. The second-order valence-corrected chi connectivity index (χ2v) is 8.21. The first-order valence-electron chi connectivity index (χ1n) is 10.4. The predicted octanol–water partition coefficient (Wildman–Crippen LogP) is 1.53. The topological polar surface area (TPSA) is 105 Å². The SMILES string of the molecule is O=C1CCC(N2Cc3cc(C(=O)NC(C4CCOCC4)C(F)(F)F)ccc3C2=O)C(=O)N1. The van der Waals surface area contributed by atoms with Gasteiger partial charge in [-0.2, -0.15) is 13.2 Å². The summed E-state index contributed by atoms with van der Waals surface area (Å²) in [5, 5.41) is 4.31. The van der Waals surface area contributed by atoms with E-state index in [2.05, 4.69) is 10.6 Å². The van der Waals surface area contributed by atoms with Crippen LogP contribution in [0.15, 0.2) is 18.2 Å². The normalized spacial score (nSPS) is 23.0. The molecule has 1 aromatic rings. The maximum atomic E-state index is 13.6. The lowest BCUT2D eigenvalue weighted by molar-refractivity contribution is -0.171. The average Bonchev–Trinajstić information content (AvgIpc) is 3.07. The van der Waals surface area contributed by atoms with Crippen molar-refractivity contribution in [2.45, 2.75) is 50.5 Å². The number of hydrogen-bond donors (Lipinski definition) is 2. The molecule has 2 fully saturated rings. The van der Waals surface area contributed by atoms with E-state index in [1.54, 1.807) is 0 Å². The molecule has 3 aliphatic rings. The lowest BCUT2D eigenvalue weighted by atomic mass is 9.91. The van der Waals surface area contributed by atoms with Crippen molar-refractivity contribution in [3.63, 3.8) is 0 Å². The van der Waals surface area contributed by atoms with Crippen LogP contribution < -0.4 is 10.6 Å². The number of benzene rings is 1. The first kappa shape index (κ1) is 22.3. The molecule has 0 aliphatic carbocycles. The Labute approximate surface area is 181 Å². The molecule has 8 nitrogen and oxygen atoms in total. The van der Waals surface area contributed by atoms with Gasteiger partial charge in [-0.15, -0.1) is 0 Å².